The van der Waals surface area contributed by atoms with Crippen molar-refractivity contribution in [2.24, 2.45) is 0 Å². The van der Waals surface area contributed by atoms with Crippen LogP contribution in [0.25, 0.3) is 11.0 Å². The van der Waals surface area contributed by atoms with Crippen LogP contribution in [-0.4, -0.2) is 29.1 Å². The minimum absolute atomic E-state index is 0.0210. The van der Waals surface area contributed by atoms with Gasteiger partial charge in [0.1, 0.15) is 11.6 Å². The molecule has 5 nitrogen and oxygen atoms in total. The van der Waals surface area contributed by atoms with E-state index in [9.17, 15) is 4.79 Å². The summed E-state index contributed by atoms with van der Waals surface area (Å²) in [5, 5.41) is 0.726. The SMILES string of the molecule is COc1ccccc1N1C[C@@H](c2nc3ccccc3n2Cc2ccccc2Cl)CC1=O. The van der Waals surface area contributed by atoms with Gasteiger partial charge in [0.05, 0.1) is 30.4 Å². The van der Waals surface area contributed by atoms with Crippen LogP contribution in [0.15, 0.2) is 72.8 Å². The molecule has 156 valence electrons. The Bertz CT molecular complexity index is 1270. The number of anilines is 1. The smallest absolute Gasteiger partial charge is 0.227 e. The first-order valence-electron chi connectivity index (χ1n) is 10.3. The van der Waals surface area contributed by atoms with E-state index in [4.69, 9.17) is 21.3 Å². The van der Waals surface area contributed by atoms with E-state index >= 15 is 0 Å². The van der Waals surface area contributed by atoms with Gasteiger partial charge >= 0.3 is 0 Å². The van der Waals surface area contributed by atoms with E-state index in [-0.39, 0.29) is 11.8 Å². The third-order valence-electron chi connectivity index (χ3n) is 5.84. The van der Waals surface area contributed by atoms with Crippen molar-refractivity contribution in [2.75, 3.05) is 18.6 Å². The van der Waals surface area contributed by atoms with Crippen molar-refractivity contribution >= 4 is 34.2 Å². The summed E-state index contributed by atoms with van der Waals surface area (Å²) >= 11 is 6.45. The van der Waals surface area contributed by atoms with Gasteiger partial charge in [0.15, 0.2) is 0 Å². The van der Waals surface area contributed by atoms with Crippen molar-refractivity contribution in [3.8, 4) is 5.75 Å². The summed E-state index contributed by atoms with van der Waals surface area (Å²) in [5.74, 6) is 1.66. The molecule has 0 saturated carbocycles. The Morgan fingerprint density at radius 2 is 1.77 bits per heavy atom. The van der Waals surface area contributed by atoms with E-state index in [0.29, 0.717) is 25.3 Å². The molecule has 6 heteroatoms. The number of benzene rings is 3. The summed E-state index contributed by atoms with van der Waals surface area (Å²) < 4.78 is 7.68. The second-order valence-electron chi connectivity index (χ2n) is 7.71. The number of ether oxygens (including phenoxy) is 1. The zero-order valence-electron chi connectivity index (χ0n) is 17.2. The first-order chi connectivity index (χ1) is 15.2. The number of para-hydroxylation sites is 4. The molecule has 0 spiro atoms. The maximum Gasteiger partial charge on any atom is 0.227 e. The fourth-order valence-electron chi connectivity index (χ4n) is 4.34. The van der Waals surface area contributed by atoms with Gasteiger partial charge in [0.2, 0.25) is 5.91 Å². The van der Waals surface area contributed by atoms with Gasteiger partial charge in [0.25, 0.3) is 0 Å². The van der Waals surface area contributed by atoms with E-state index in [1.54, 1.807) is 7.11 Å². The highest BCUT2D eigenvalue weighted by molar-refractivity contribution is 6.31. The molecule has 3 aromatic carbocycles. The van der Waals surface area contributed by atoms with E-state index in [1.165, 1.54) is 0 Å². The lowest BCUT2D eigenvalue weighted by atomic mass is 10.1. The summed E-state index contributed by atoms with van der Waals surface area (Å²) in [6, 6.07) is 23.6. The van der Waals surface area contributed by atoms with Crippen molar-refractivity contribution in [1.29, 1.82) is 0 Å². The van der Waals surface area contributed by atoms with Crippen molar-refractivity contribution in [3.63, 3.8) is 0 Å². The van der Waals surface area contributed by atoms with Gasteiger partial charge in [-0.2, -0.15) is 0 Å². The molecule has 1 aliphatic rings. The van der Waals surface area contributed by atoms with Crippen LogP contribution in [-0.2, 0) is 11.3 Å². The van der Waals surface area contributed by atoms with E-state index < -0.39 is 0 Å². The van der Waals surface area contributed by atoms with Gasteiger partial charge in [-0.15, -0.1) is 0 Å². The molecule has 1 saturated heterocycles. The molecule has 2 heterocycles. The molecule has 1 amide bonds. The number of imidazole rings is 1. The Morgan fingerprint density at radius 3 is 2.61 bits per heavy atom. The number of methoxy groups -OCH3 is 1. The largest absolute Gasteiger partial charge is 0.495 e. The van der Waals surface area contributed by atoms with E-state index in [0.717, 1.165) is 33.1 Å². The quantitative estimate of drug-likeness (QED) is 0.432. The number of hydrogen-bond acceptors (Lipinski definition) is 3. The number of hydrogen-bond donors (Lipinski definition) is 0. The highest BCUT2D eigenvalue weighted by Crippen LogP contribution is 2.37. The fourth-order valence-corrected chi connectivity index (χ4v) is 4.53. The van der Waals surface area contributed by atoms with E-state index in [1.807, 2.05) is 71.6 Å². The third kappa shape index (κ3) is 3.55. The molecule has 4 aromatic rings. The Balaban J connectivity index is 1.55. The molecule has 31 heavy (non-hydrogen) atoms. The molecule has 0 N–H and O–H groups in total. The number of halogens is 1. The number of carbonyl (C=O) groups is 1. The highest BCUT2D eigenvalue weighted by Gasteiger charge is 2.36. The average molecular weight is 432 g/mol. The maximum absolute atomic E-state index is 13.0. The van der Waals surface area contributed by atoms with Crippen molar-refractivity contribution < 1.29 is 9.53 Å². The highest BCUT2D eigenvalue weighted by atomic mass is 35.5. The topological polar surface area (TPSA) is 47.4 Å². The molecular weight excluding hydrogens is 410 g/mol. The van der Waals surface area contributed by atoms with Crippen LogP contribution in [0.3, 0.4) is 0 Å². The van der Waals surface area contributed by atoms with Gasteiger partial charge in [-0.1, -0.05) is 54.1 Å². The van der Waals surface area contributed by atoms with Gasteiger partial charge in [-0.05, 0) is 35.9 Å². The Kier molecular flexibility index (Phi) is 5.12. The normalized spacial score (nSPS) is 16.3. The molecule has 0 unspecified atom stereocenters. The van der Waals surface area contributed by atoms with Crippen LogP contribution < -0.4 is 9.64 Å². The van der Waals surface area contributed by atoms with Crippen LogP contribution in [0.5, 0.6) is 5.75 Å². The lowest BCUT2D eigenvalue weighted by molar-refractivity contribution is -0.117. The van der Waals surface area contributed by atoms with Gasteiger partial charge in [0, 0.05) is 23.9 Å². The molecular formula is C25H22ClN3O2. The zero-order valence-corrected chi connectivity index (χ0v) is 17.9. The fraction of sp³-hybridized carbons (Fsp3) is 0.200. The van der Waals surface area contributed by atoms with Crippen LogP contribution in [0.1, 0.15) is 23.7 Å². The maximum atomic E-state index is 13.0. The number of nitrogens with zero attached hydrogens (tertiary/aromatic N) is 3. The van der Waals surface area contributed by atoms with Gasteiger partial charge < -0.3 is 14.2 Å². The van der Waals surface area contributed by atoms with Crippen LogP contribution in [0.2, 0.25) is 5.02 Å². The summed E-state index contributed by atoms with van der Waals surface area (Å²) in [6.07, 6.45) is 0.407. The van der Waals surface area contributed by atoms with Crippen molar-refractivity contribution in [3.05, 3.63) is 89.2 Å². The number of aromatic nitrogens is 2. The summed E-state index contributed by atoms with van der Waals surface area (Å²) in [4.78, 5) is 19.7. The predicted molar refractivity (Wildman–Crippen MR) is 123 cm³/mol. The van der Waals surface area contributed by atoms with Crippen molar-refractivity contribution in [1.82, 2.24) is 9.55 Å². The molecule has 1 aromatic heterocycles. The Labute approximate surface area is 185 Å². The van der Waals surface area contributed by atoms with E-state index in [2.05, 4.69) is 10.6 Å². The molecule has 5 rings (SSSR count). The van der Waals surface area contributed by atoms with Crippen LogP contribution in [0, 0.1) is 0 Å². The Morgan fingerprint density at radius 1 is 1.03 bits per heavy atom. The number of carbonyl (C=O) groups excluding carboxylic acids is 1. The molecule has 1 fully saturated rings. The standard InChI is InChI=1S/C25H22ClN3O2/c1-31-23-13-7-6-12-22(23)28-16-18(14-24(28)30)25-27-20-10-4-5-11-21(20)29(25)15-17-8-2-3-9-19(17)26/h2-13,18H,14-16H2,1H3/t18-/m0/s1. The van der Waals surface area contributed by atoms with Crippen LogP contribution >= 0.6 is 11.6 Å². The number of amides is 1. The number of fused-ring (bicyclic) bond motifs is 1. The average Bonchev–Trinajstić information content (AvgIpc) is 3.36. The molecule has 0 bridgehead atoms. The van der Waals surface area contributed by atoms with Crippen molar-refractivity contribution in [2.45, 2.75) is 18.9 Å². The number of rotatable bonds is 5. The second-order valence-corrected chi connectivity index (χ2v) is 8.12. The van der Waals surface area contributed by atoms with Gasteiger partial charge in [-0.3, -0.25) is 4.79 Å². The minimum atomic E-state index is -0.0210. The van der Waals surface area contributed by atoms with Gasteiger partial charge in [-0.25, -0.2) is 4.98 Å². The molecule has 0 radical (unpaired) electrons. The molecule has 1 atom stereocenters. The Hall–Kier alpha value is -3.31. The van der Waals surface area contributed by atoms with Crippen LogP contribution in [0.4, 0.5) is 5.69 Å². The first kappa shape index (κ1) is 19.6. The predicted octanol–water partition coefficient (Wildman–Crippen LogP) is 5.27. The third-order valence-corrected chi connectivity index (χ3v) is 6.21. The second kappa shape index (κ2) is 8.08. The molecule has 0 aliphatic carbocycles. The minimum Gasteiger partial charge on any atom is -0.495 e. The lowest BCUT2D eigenvalue weighted by Gasteiger charge is -2.20. The zero-order chi connectivity index (χ0) is 21.4. The summed E-state index contributed by atoms with van der Waals surface area (Å²) in [6.45, 7) is 1.17. The summed E-state index contributed by atoms with van der Waals surface area (Å²) in [5.41, 5.74) is 3.79. The monoisotopic (exact) mass is 431 g/mol. The lowest BCUT2D eigenvalue weighted by Crippen LogP contribution is -2.25. The summed E-state index contributed by atoms with van der Waals surface area (Å²) in [7, 11) is 1.62. The first-order valence-corrected chi connectivity index (χ1v) is 10.7. The molecule has 1 aliphatic heterocycles.